The molecule has 170 valence electrons. The average molecular weight is 468 g/mol. The number of halogens is 1. The number of nitrogens with zero attached hydrogens (tertiary/aromatic N) is 3. The van der Waals surface area contributed by atoms with Crippen LogP contribution in [0.3, 0.4) is 0 Å². The van der Waals surface area contributed by atoms with Crippen molar-refractivity contribution in [2.45, 2.75) is 32.0 Å². The molecular formula is C24H22ClN3O5. The third-order valence-electron chi connectivity index (χ3n) is 5.44. The van der Waals surface area contributed by atoms with E-state index in [2.05, 4.69) is 0 Å². The zero-order chi connectivity index (χ0) is 23.4. The number of carbonyl (C=O) groups is 2. The highest BCUT2D eigenvalue weighted by Crippen LogP contribution is 2.31. The molecule has 1 aliphatic rings. The van der Waals surface area contributed by atoms with Crippen LogP contribution in [0.5, 0.6) is 0 Å². The van der Waals surface area contributed by atoms with E-state index >= 15 is 0 Å². The molecule has 0 N–H and O–H groups in total. The first-order valence-corrected chi connectivity index (χ1v) is 10.9. The number of amides is 2. The van der Waals surface area contributed by atoms with E-state index in [1.807, 2.05) is 30.3 Å². The van der Waals surface area contributed by atoms with Crippen LogP contribution < -0.4 is 0 Å². The standard InChI is InChI=1S/C24H22ClN3O5/c25-21-11-8-18(13-22(21)28(31)32)24(30)27(19-9-10-19)16-23(29)26(15-20-7-4-12-33-20)14-17-5-2-1-3-6-17/h1-8,11-13,19H,9-10,14-16H2. The van der Waals surface area contributed by atoms with E-state index in [0.717, 1.165) is 24.5 Å². The van der Waals surface area contributed by atoms with Gasteiger partial charge in [-0.05, 0) is 42.7 Å². The number of nitro benzene ring substituents is 1. The lowest BCUT2D eigenvalue weighted by Crippen LogP contribution is -2.43. The zero-order valence-corrected chi connectivity index (χ0v) is 18.5. The summed E-state index contributed by atoms with van der Waals surface area (Å²) in [5, 5.41) is 11.2. The topological polar surface area (TPSA) is 96.9 Å². The summed E-state index contributed by atoms with van der Waals surface area (Å²) < 4.78 is 5.43. The molecule has 2 amide bonds. The first-order chi connectivity index (χ1) is 15.9. The lowest BCUT2D eigenvalue weighted by atomic mass is 10.1. The van der Waals surface area contributed by atoms with Gasteiger partial charge in [0.2, 0.25) is 5.91 Å². The molecule has 0 aliphatic heterocycles. The molecule has 8 nitrogen and oxygen atoms in total. The van der Waals surface area contributed by atoms with Crippen LogP contribution in [0.1, 0.15) is 34.5 Å². The van der Waals surface area contributed by atoms with Crippen LogP contribution in [-0.4, -0.2) is 39.1 Å². The Hall–Kier alpha value is -3.65. The fourth-order valence-corrected chi connectivity index (χ4v) is 3.76. The van der Waals surface area contributed by atoms with E-state index < -0.39 is 10.8 Å². The van der Waals surface area contributed by atoms with Crippen molar-refractivity contribution < 1.29 is 18.9 Å². The zero-order valence-electron chi connectivity index (χ0n) is 17.7. The van der Waals surface area contributed by atoms with Crippen molar-refractivity contribution in [2.24, 2.45) is 0 Å². The monoisotopic (exact) mass is 467 g/mol. The van der Waals surface area contributed by atoms with Gasteiger partial charge in [0.15, 0.2) is 0 Å². The Morgan fingerprint density at radius 2 is 1.82 bits per heavy atom. The van der Waals surface area contributed by atoms with Crippen LogP contribution in [0, 0.1) is 10.1 Å². The maximum Gasteiger partial charge on any atom is 0.288 e. The first-order valence-electron chi connectivity index (χ1n) is 10.5. The number of carbonyl (C=O) groups excluding carboxylic acids is 2. The van der Waals surface area contributed by atoms with Gasteiger partial charge in [0.05, 0.1) is 17.7 Å². The normalized spacial score (nSPS) is 12.9. The van der Waals surface area contributed by atoms with E-state index in [1.165, 1.54) is 17.0 Å². The molecule has 0 bridgehead atoms. The van der Waals surface area contributed by atoms with Gasteiger partial charge in [-0.1, -0.05) is 41.9 Å². The number of hydrogen-bond acceptors (Lipinski definition) is 5. The molecule has 1 aromatic heterocycles. The molecule has 1 heterocycles. The molecule has 2 aromatic carbocycles. The van der Waals surface area contributed by atoms with Crippen molar-refractivity contribution in [1.29, 1.82) is 0 Å². The van der Waals surface area contributed by atoms with Gasteiger partial charge in [-0.2, -0.15) is 0 Å². The third kappa shape index (κ3) is 5.59. The van der Waals surface area contributed by atoms with Crippen LogP contribution in [0.4, 0.5) is 5.69 Å². The van der Waals surface area contributed by atoms with Crippen molar-refractivity contribution in [1.82, 2.24) is 9.80 Å². The lowest BCUT2D eigenvalue weighted by Gasteiger charge is -2.27. The second-order valence-electron chi connectivity index (χ2n) is 7.90. The summed E-state index contributed by atoms with van der Waals surface area (Å²) in [5.41, 5.74) is 0.745. The van der Waals surface area contributed by atoms with Gasteiger partial charge in [0.25, 0.3) is 11.6 Å². The van der Waals surface area contributed by atoms with Crippen molar-refractivity contribution in [3.05, 3.63) is 99.0 Å². The van der Waals surface area contributed by atoms with E-state index in [-0.39, 0.29) is 41.3 Å². The number of benzene rings is 2. The lowest BCUT2D eigenvalue weighted by molar-refractivity contribution is -0.384. The minimum atomic E-state index is -0.628. The molecule has 1 fully saturated rings. The fraction of sp³-hybridized carbons (Fsp3) is 0.250. The molecule has 9 heteroatoms. The molecule has 3 aromatic rings. The second kappa shape index (κ2) is 9.87. The molecule has 0 spiro atoms. The predicted molar refractivity (Wildman–Crippen MR) is 122 cm³/mol. The van der Waals surface area contributed by atoms with Gasteiger partial charge in [-0.25, -0.2) is 0 Å². The molecule has 1 saturated carbocycles. The first kappa shape index (κ1) is 22.5. The highest BCUT2D eigenvalue weighted by molar-refractivity contribution is 6.32. The molecular weight excluding hydrogens is 446 g/mol. The molecule has 0 atom stereocenters. The molecule has 1 aliphatic carbocycles. The number of nitro groups is 1. The Labute approximate surface area is 195 Å². The minimum absolute atomic E-state index is 0.0434. The summed E-state index contributed by atoms with van der Waals surface area (Å²) in [5.74, 6) is -0.0286. The van der Waals surface area contributed by atoms with Crippen molar-refractivity contribution in [2.75, 3.05) is 6.54 Å². The highest BCUT2D eigenvalue weighted by atomic mass is 35.5. The maximum atomic E-state index is 13.3. The van der Waals surface area contributed by atoms with E-state index in [1.54, 1.807) is 23.3 Å². The van der Waals surface area contributed by atoms with Crippen LogP contribution >= 0.6 is 11.6 Å². The number of furan rings is 1. The summed E-state index contributed by atoms with van der Waals surface area (Å²) in [4.78, 5) is 40.3. The van der Waals surface area contributed by atoms with Gasteiger partial charge < -0.3 is 14.2 Å². The van der Waals surface area contributed by atoms with Gasteiger partial charge in [0.1, 0.15) is 17.3 Å². The number of hydrogen-bond donors (Lipinski definition) is 0. The third-order valence-corrected chi connectivity index (χ3v) is 5.76. The predicted octanol–water partition coefficient (Wildman–Crippen LogP) is 4.67. The smallest absolute Gasteiger partial charge is 0.288 e. The number of rotatable bonds is 9. The van der Waals surface area contributed by atoms with Crippen molar-refractivity contribution in [3.8, 4) is 0 Å². The summed E-state index contributed by atoms with van der Waals surface area (Å²) in [6.07, 6.45) is 3.12. The van der Waals surface area contributed by atoms with Crippen molar-refractivity contribution >= 4 is 29.1 Å². The molecule has 4 rings (SSSR count). The Balaban J connectivity index is 1.55. The summed E-state index contributed by atoms with van der Waals surface area (Å²) >= 11 is 5.88. The van der Waals surface area contributed by atoms with E-state index in [4.69, 9.17) is 16.0 Å². The largest absolute Gasteiger partial charge is 0.467 e. The van der Waals surface area contributed by atoms with Crippen LogP contribution in [0.2, 0.25) is 5.02 Å². The van der Waals surface area contributed by atoms with Crippen LogP contribution in [0.15, 0.2) is 71.3 Å². The quantitative estimate of drug-likeness (QED) is 0.336. The SMILES string of the molecule is O=C(CN(C(=O)c1ccc(Cl)c([N+](=O)[O-])c1)C1CC1)N(Cc1ccccc1)Cc1ccco1. The molecule has 0 radical (unpaired) electrons. The molecule has 0 unspecified atom stereocenters. The molecule has 0 saturated heterocycles. The Morgan fingerprint density at radius 3 is 2.45 bits per heavy atom. The Kier molecular flexibility index (Phi) is 6.74. The van der Waals surface area contributed by atoms with E-state index in [0.29, 0.717) is 12.3 Å². The second-order valence-corrected chi connectivity index (χ2v) is 8.31. The van der Waals surface area contributed by atoms with Gasteiger partial charge in [-0.15, -0.1) is 0 Å². The van der Waals surface area contributed by atoms with E-state index in [9.17, 15) is 19.7 Å². The minimum Gasteiger partial charge on any atom is -0.467 e. The summed E-state index contributed by atoms with van der Waals surface area (Å²) in [6, 6.07) is 17.0. The van der Waals surface area contributed by atoms with Gasteiger partial charge >= 0.3 is 0 Å². The van der Waals surface area contributed by atoms with Crippen LogP contribution in [0.25, 0.3) is 0 Å². The summed E-state index contributed by atoms with van der Waals surface area (Å²) in [6.45, 7) is 0.493. The fourth-order valence-electron chi connectivity index (χ4n) is 3.58. The Bertz CT molecular complexity index is 1150. The van der Waals surface area contributed by atoms with Crippen LogP contribution in [-0.2, 0) is 17.9 Å². The molecule has 33 heavy (non-hydrogen) atoms. The summed E-state index contributed by atoms with van der Waals surface area (Å²) in [7, 11) is 0. The maximum absolute atomic E-state index is 13.3. The average Bonchev–Trinajstić information content (AvgIpc) is 3.52. The highest BCUT2D eigenvalue weighted by Gasteiger charge is 2.36. The van der Waals surface area contributed by atoms with Gasteiger partial charge in [-0.3, -0.25) is 19.7 Å². The van der Waals surface area contributed by atoms with Crippen molar-refractivity contribution in [3.63, 3.8) is 0 Å². The Morgan fingerprint density at radius 1 is 1.06 bits per heavy atom. The van der Waals surface area contributed by atoms with Gasteiger partial charge in [0, 0.05) is 24.2 Å².